The van der Waals surface area contributed by atoms with E-state index in [9.17, 15) is 0 Å². The lowest BCUT2D eigenvalue weighted by molar-refractivity contribution is 0.660. The topological polar surface area (TPSA) is 8.17 Å². The van der Waals surface area contributed by atoms with Gasteiger partial charge in [-0.15, -0.1) is 0 Å². The van der Waals surface area contributed by atoms with E-state index in [1.165, 1.54) is 66.0 Å². The molecular formula is C49H36N2. The summed E-state index contributed by atoms with van der Waals surface area (Å²) < 4.78 is 2.43. The van der Waals surface area contributed by atoms with E-state index in [0.717, 1.165) is 22.7 Å². The van der Waals surface area contributed by atoms with Crippen molar-refractivity contribution in [2.75, 3.05) is 4.90 Å². The van der Waals surface area contributed by atoms with Crippen LogP contribution in [0.1, 0.15) is 25.0 Å². The van der Waals surface area contributed by atoms with Crippen molar-refractivity contribution >= 4 is 49.6 Å². The first-order valence-electron chi connectivity index (χ1n) is 17.8. The molecule has 242 valence electrons. The molecule has 0 saturated carbocycles. The van der Waals surface area contributed by atoms with Crippen LogP contribution < -0.4 is 4.90 Å². The highest BCUT2D eigenvalue weighted by atomic mass is 15.1. The van der Waals surface area contributed by atoms with Gasteiger partial charge in [0.1, 0.15) is 0 Å². The van der Waals surface area contributed by atoms with Crippen molar-refractivity contribution in [3.8, 4) is 27.9 Å². The van der Waals surface area contributed by atoms with E-state index in [2.05, 4.69) is 205 Å². The Bertz CT molecular complexity index is 2770. The molecule has 0 atom stereocenters. The molecule has 1 heterocycles. The highest BCUT2D eigenvalue weighted by Crippen LogP contribution is 2.52. The van der Waals surface area contributed by atoms with E-state index in [-0.39, 0.29) is 5.41 Å². The predicted octanol–water partition coefficient (Wildman–Crippen LogP) is 13.4. The monoisotopic (exact) mass is 652 g/mol. The van der Waals surface area contributed by atoms with Crippen LogP contribution in [0.4, 0.5) is 17.1 Å². The zero-order chi connectivity index (χ0) is 34.1. The molecule has 1 aliphatic rings. The van der Waals surface area contributed by atoms with Gasteiger partial charge in [-0.05, 0) is 75.7 Å². The molecule has 9 aromatic rings. The van der Waals surface area contributed by atoms with Crippen LogP contribution in [0.2, 0.25) is 0 Å². The predicted molar refractivity (Wildman–Crippen MR) is 216 cm³/mol. The highest BCUT2D eigenvalue weighted by molar-refractivity contribution is 6.24. The Morgan fingerprint density at radius 1 is 0.431 bits per heavy atom. The standard InChI is InChI=1S/C49H36N2/c1-49(2)42-26-14-11-22-37(42)38-30-29-35(31-43(38)49)51(44-27-15-12-21-36(44)33-17-5-3-6-18-33)46-32-47-48(40-24-10-9-23-39(40)46)41-25-13-16-28-45(41)50(47)34-19-7-4-8-20-34/h3-32H,1-2H3. The lowest BCUT2D eigenvalue weighted by atomic mass is 9.82. The number of rotatable bonds is 5. The van der Waals surface area contributed by atoms with E-state index >= 15 is 0 Å². The minimum atomic E-state index is -0.127. The van der Waals surface area contributed by atoms with Crippen molar-refractivity contribution in [2.45, 2.75) is 19.3 Å². The van der Waals surface area contributed by atoms with Gasteiger partial charge in [0.25, 0.3) is 0 Å². The first-order valence-corrected chi connectivity index (χ1v) is 17.8. The number of nitrogens with zero attached hydrogens (tertiary/aromatic N) is 2. The molecule has 2 nitrogen and oxygen atoms in total. The average Bonchev–Trinajstić information content (AvgIpc) is 3.64. The number of aromatic nitrogens is 1. The van der Waals surface area contributed by atoms with Crippen molar-refractivity contribution in [2.24, 2.45) is 0 Å². The largest absolute Gasteiger partial charge is 0.309 e. The Balaban J connectivity index is 1.33. The van der Waals surface area contributed by atoms with Gasteiger partial charge in [-0.25, -0.2) is 0 Å². The van der Waals surface area contributed by atoms with Crippen molar-refractivity contribution < 1.29 is 0 Å². The summed E-state index contributed by atoms with van der Waals surface area (Å²) in [7, 11) is 0. The van der Waals surface area contributed by atoms with Crippen LogP contribution >= 0.6 is 0 Å². The SMILES string of the molecule is CC1(C)c2ccccc2-c2ccc(N(c3ccccc3-c3ccccc3)c3cc4c(c5ccccc35)c3ccccc3n4-c3ccccc3)cc21. The average molecular weight is 653 g/mol. The number of para-hydroxylation sites is 3. The van der Waals surface area contributed by atoms with Crippen molar-refractivity contribution in [3.63, 3.8) is 0 Å². The summed E-state index contributed by atoms with van der Waals surface area (Å²) in [6.07, 6.45) is 0. The smallest absolute Gasteiger partial charge is 0.0568 e. The Morgan fingerprint density at radius 2 is 1.04 bits per heavy atom. The van der Waals surface area contributed by atoms with Crippen LogP contribution in [0.25, 0.3) is 60.5 Å². The van der Waals surface area contributed by atoms with E-state index in [0.29, 0.717) is 0 Å². The first kappa shape index (κ1) is 29.5. The molecule has 0 spiro atoms. The quantitative estimate of drug-likeness (QED) is 0.180. The fourth-order valence-corrected chi connectivity index (χ4v) is 8.62. The maximum atomic E-state index is 2.51. The molecule has 8 aromatic carbocycles. The van der Waals surface area contributed by atoms with Gasteiger partial charge in [0.05, 0.1) is 22.4 Å². The first-order chi connectivity index (χ1) is 25.1. The van der Waals surface area contributed by atoms with E-state index in [1.54, 1.807) is 0 Å². The van der Waals surface area contributed by atoms with Crippen LogP contribution in [0.3, 0.4) is 0 Å². The molecule has 0 aliphatic heterocycles. The summed E-state index contributed by atoms with van der Waals surface area (Å²) in [5.74, 6) is 0. The Kier molecular flexibility index (Phi) is 6.56. The minimum absolute atomic E-state index is 0.127. The zero-order valence-electron chi connectivity index (χ0n) is 28.7. The molecule has 51 heavy (non-hydrogen) atoms. The third-order valence-electron chi connectivity index (χ3n) is 11.0. The number of anilines is 3. The minimum Gasteiger partial charge on any atom is -0.309 e. The molecule has 0 unspecified atom stereocenters. The van der Waals surface area contributed by atoms with E-state index in [1.807, 2.05) is 0 Å². The second-order valence-corrected chi connectivity index (χ2v) is 14.1. The second-order valence-electron chi connectivity index (χ2n) is 14.1. The van der Waals surface area contributed by atoms with Gasteiger partial charge >= 0.3 is 0 Å². The van der Waals surface area contributed by atoms with E-state index in [4.69, 9.17) is 0 Å². The highest BCUT2D eigenvalue weighted by Gasteiger charge is 2.36. The maximum absolute atomic E-state index is 2.51. The van der Waals surface area contributed by atoms with Crippen molar-refractivity contribution in [3.05, 3.63) is 193 Å². The second kappa shape index (κ2) is 11.3. The number of fused-ring (bicyclic) bond motifs is 8. The molecule has 2 heteroatoms. The van der Waals surface area contributed by atoms with Gasteiger partial charge in [0, 0.05) is 38.5 Å². The Labute approximate surface area is 298 Å². The maximum Gasteiger partial charge on any atom is 0.0568 e. The van der Waals surface area contributed by atoms with Gasteiger partial charge in [-0.1, -0.05) is 153 Å². The molecule has 0 N–H and O–H groups in total. The summed E-state index contributed by atoms with van der Waals surface area (Å²) in [5.41, 5.74) is 14.6. The lowest BCUT2D eigenvalue weighted by Crippen LogP contribution is -2.17. The molecule has 1 aromatic heterocycles. The lowest BCUT2D eigenvalue weighted by Gasteiger charge is -2.31. The van der Waals surface area contributed by atoms with Crippen LogP contribution in [-0.2, 0) is 5.41 Å². The molecule has 0 fully saturated rings. The van der Waals surface area contributed by atoms with Crippen LogP contribution in [0.15, 0.2) is 182 Å². The van der Waals surface area contributed by atoms with Crippen LogP contribution in [0.5, 0.6) is 0 Å². The number of hydrogen-bond donors (Lipinski definition) is 0. The Hall–Kier alpha value is -6.38. The Morgan fingerprint density at radius 3 is 1.84 bits per heavy atom. The number of hydrogen-bond acceptors (Lipinski definition) is 1. The summed E-state index contributed by atoms with van der Waals surface area (Å²) in [6.45, 7) is 4.73. The van der Waals surface area contributed by atoms with Crippen molar-refractivity contribution in [1.82, 2.24) is 4.57 Å². The fraction of sp³-hybridized carbons (Fsp3) is 0.0612. The summed E-state index contributed by atoms with van der Waals surface area (Å²) in [6, 6.07) is 66.6. The molecule has 0 bridgehead atoms. The van der Waals surface area contributed by atoms with Gasteiger partial charge in [0.2, 0.25) is 0 Å². The van der Waals surface area contributed by atoms with E-state index < -0.39 is 0 Å². The molecule has 0 amide bonds. The summed E-state index contributed by atoms with van der Waals surface area (Å²) in [4.78, 5) is 2.51. The fourth-order valence-electron chi connectivity index (χ4n) is 8.62. The third-order valence-corrected chi connectivity index (χ3v) is 11.0. The molecule has 10 rings (SSSR count). The van der Waals surface area contributed by atoms with Crippen LogP contribution in [-0.4, -0.2) is 4.57 Å². The molecule has 0 radical (unpaired) electrons. The van der Waals surface area contributed by atoms with Gasteiger partial charge < -0.3 is 9.47 Å². The van der Waals surface area contributed by atoms with Crippen molar-refractivity contribution in [1.29, 1.82) is 0 Å². The van der Waals surface area contributed by atoms with Crippen LogP contribution in [0, 0.1) is 0 Å². The molecule has 0 saturated heterocycles. The summed E-state index contributed by atoms with van der Waals surface area (Å²) in [5, 5.41) is 4.99. The number of benzene rings is 8. The van der Waals surface area contributed by atoms with Gasteiger partial charge in [0.15, 0.2) is 0 Å². The molecule has 1 aliphatic carbocycles. The summed E-state index contributed by atoms with van der Waals surface area (Å²) >= 11 is 0. The third kappa shape index (κ3) is 4.43. The zero-order valence-corrected chi connectivity index (χ0v) is 28.7. The van der Waals surface area contributed by atoms with Gasteiger partial charge in [-0.2, -0.15) is 0 Å². The van der Waals surface area contributed by atoms with Gasteiger partial charge in [-0.3, -0.25) is 0 Å². The normalized spacial score (nSPS) is 13.1. The molecular weight excluding hydrogens is 617 g/mol.